The van der Waals surface area contributed by atoms with Gasteiger partial charge in [-0.15, -0.1) is 10.2 Å². The monoisotopic (exact) mass is 378 g/mol. The van der Waals surface area contributed by atoms with E-state index in [1.54, 1.807) is 18.2 Å². The lowest BCUT2D eigenvalue weighted by molar-refractivity contribution is 0.0905. The van der Waals surface area contributed by atoms with Crippen LogP contribution >= 0.6 is 0 Å². The Balaban J connectivity index is 1.60. The van der Waals surface area contributed by atoms with Crippen LogP contribution in [0.3, 0.4) is 0 Å². The fourth-order valence-electron chi connectivity index (χ4n) is 3.11. The van der Waals surface area contributed by atoms with Crippen molar-refractivity contribution in [1.29, 1.82) is 0 Å². The minimum atomic E-state index is -3.60. The quantitative estimate of drug-likeness (QED) is 0.773. The topological polar surface area (TPSA) is 105 Å². The highest BCUT2D eigenvalue weighted by Gasteiger charge is 2.25. The minimum Gasteiger partial charge on any atom is -0.416 e. The van der Waals surface area contributed by atoms with Crippen molar-refractivity contribution in [1.82, 2.24) is 20.4 Å². The van der Waals surface area contributed by atoms with E-state index >= 15 is 0 Å². The molecule has 26 heavy (non-hydrogen) atoms. The van der Waals surface area contributed by atoms with Gasteiger partial charge in [0.1, 0.15) is 5.75 Å². The molecule has 0 saturated carbocycles. The molecule has 1 aliphatic heterocycles. The maximum absolute atomic E-state index is 12.3. The van der Waals surface area contributed by atoms with E-state index in [-0.39, 0.29) is 16.7 Å². The Bertz CT molecular complexity index is 851. The number of aromatic nitrogens is 2. The van der Waals surface area contributed by atoms with E-state index in [1.165, 1.54) is 12.1 Å². The molecule has 140 valence electrons. The Morgan fingerprint density at radius 1 is 1.31 bits per heavy atom. The first kappa shape index (κ1) is 18.5. The highest BCUT2D eigenvalue weighted by molar-refractivity contribution is 7.90. The number of hydrogen-bond acceptors (Lipinski definition) is 7. The summed E-state index contributed by atoms with van der Waals surface area (Å²) >= 11 is 0. The molecule has 0 spiro atoms. The van der Waals surface area contributed by atoms with E-state index < -0.39 is 21.5 Å². The number of hydrogen-bond donors (Lipinski definition) is 1. The molecular formula is C17H22N4O4S. The molecule has 0 bridgehead atoms. The van der Waals surface area contributed by atoms with Crippen LogP contribution in [0.2, 0.25) is 0 Å². The van der Waals surface area contributed by atoms with Crippen molar-refractivity contribution in [2.45, 2.75) is 36.5 Å². The van der Waals surface area contributed by atoms with Gasteiger partial charge in [-0.2, -0.15) is 0 Å². The third-order valence-corrected chi connectivity index (χ3v) is 6.10. The van der Waals surface area contributed by atoms with E-state index in [0.29, 0.717) is 12.6 Å². The van der Waals surface area contributed by atoms with Gasteiger partial charge in [-0.1, -0.05) is 25.1 Å². The highest BCUT2D eigenvalue weighted by Crippen LogP contribution is 2.17. The van der Waals surface area contributed by atoms with Gasteiger partial charge in [0, 0.05) is 12.6 Å². The molecule has 1 saturated heterocycles. The zero-order valence-electron chi connectivity index (χ0n) is 14.6. The number of rotatable bonds is 7. The minimum absolute atomic E-state index is 0.102. The number of benzene rings is 1. The average molecular weight is 378 g/mol. The molecule has 0 aliphatic carbocycles. The summed E-state index contributed by atoms with van der Waals surface area (Å²) in [5, 5.41) is 10.2. The SMILES string of the molecule is CCN1CCCC1CNC(=O)c1nnc(CS(=O)(=O)c2ccccc2)o1. The van der Waals surface area contributed by atoms with Crippen LogP contribution in [0.4, 0.5) is 0 Å². The van der Waals surface area contributed by atoms with Crippen LogP contribution < -0.4 is 5.32 Å². The summed E-state index contributed by atoms with van der Waals surface area (Å²) in [4.78, 5) is 14.7. The number of nitrogens with one attached hydrogen (secondary N) is 1. The molecule has 2 aromatic rings. The van der Waals surface area contributed by atoms with E-state index in [9.17, 15) is 13.2 Å². The molecule has 1 aromatic carbocycles. The lowest BCUT2D eigenvalue weighted by Crippen LogP contribution is -2.40. The lowest BCUT2D eigenvalue weighted by Gasteiger charge is -2.22. The summed E-state index contributed by atoms with van der Waals surface area (Å²) in [6, 6.07) is 8.33. The van der Waals surface area contributed by atoms with Gasteiger partial charge in [0.15, 0.2) is 9.84 Å². The molecule has 1 fully saturated rings. The number of likely N-dealkylation sites (tertiary alicyclic amines) is 1. The van der Waals surface area contributed by atoms with E-state index in [0.717, 1.165) is 25.9 Å². The highest BCUT2D eigenvalue weighted by atomic mass is 32.2. The van der Waals surface area contributed by atoms with Gasteiger partial charge >= 0.3 is 11.8 Å². The standard InChI is InChI=1S/C17H22N4O4S/c1-2-21-10-6-7-13(21)11-18-16(22)17-20-19-15(25-17)12-26(23,24)14-8-4-3-5-9-14/h3-5,8-9,13H,2,6-7,10-12H2,1H3,(H,18,22). The van der Waals surface area contributed by atoms with Gasteiger partial charge in [-0.25, -0.2) is 8.42 Å². The van der Waals surface area contributed by atoms with Crippen LogP contribution in [0.15, 0.2) is 39.6 Å². The van der Waals surface area contributed by atoms with Crippen molar-refractivity contribution in [2.75, 3.05) is 19.6 Å². The summed E-state index contributed by atoms with van der Waals surface area (Å²) < 4.78 is 29.9. The summed E-state index contributed by atoms with van der Waals surface area (Å²) in [5.41, 5.74) is 0. The van der Waals surface area contributed by atoms with Gasteiger partial charge in [0.25, 0.3) is 0 Å². The molecule has 1 unspecified atom stereocenters. The van der Waals surface area contributed by atoms with Gasteiger partial charge in [0.05, 0.1) is 4.90 Å². The molecular weight excluding hydrogens is 356 g/mol. The molecule has 1 amide bonds. The lowest BCUT2D eigenvalue weighted by atomic mass is 10.2. The van der Waals surface area contributed by atoms with E-state index in [1.807, 2.05) is 0 Å². The molecule has 1 N–H and O–H groups in total. The Kier molecular flexibility index (Phi) is 5.67. The second-order valence-electron chi connectivity index (χ2n) is 6.21. The van der Waals surface area contributed by atoms with Crippen molar-refractivity contribution < 1.29 is 17.6 Å². The van der Waals surface area contributed by atoms with Crippen molar-refractivity contribution >= 4 is 15.7 Å². The smallest absolute Gasteiger partial charge is 0.308 e. The van der Waals surface area contributed by atoms with Crippen LogP contribution in [0.25, 0.3) is 0 Å². The fraction of sp³-hybridized carbons (Fsp3) is 0.471. The summed E-state index contributed by atoms with van der Waals surface area (Å²) in [6.45, 7) is 4.59. The number of carbonyl (C=O) groups excluding carboxylic acids is 1. The normalized spacial score (nSPS) is 18.1. The van der Waals surface area contributed by atoms with E-state index in [4.69, 9.17) is 4.42 Å². The number of sulfone groups is 1. The molecule has 2 heterocycles. The first-order valence-corrected chi connectivity index (χ1v) is 10.3. The van der Waals surface area contributed by atoms with E-state index in [2.05, 4.69) is 27.3 Å². The first-order valence-electron chi connectivity index (χ1n) is 8.62. The number of likely N-dealkylation sites (N-methyl/N-ethyl adjacent to an activating group) is 1. The Hall–Kier alpha value is -2.26. The number of amides is 1. The Morgan fingerprint density at radius 3 is 2.81 bits per heavy atom. The zero-order chi connectivity index (χ0) is 18.6. The second-order valence-corrected chi connectivity index (χ2v) is 8.20. The largest absolute Gasteiger partial charge is 0.416 e. The maximum atomic E-state index is 12.3. The second kappa shape index (κ2) is 7.96. The van der Waals surface area contributed by atoms with Crippen LogP contribution in [0.1, 0.15) is 36.3 Å². The molecule has 0 radical (unpaired) electrons. The molecule has 3 rings (SSSR count). The summed E-state index contributed by atoms with van der Waals surface area (Å²) in [5.74, 6) is -1.24. The summed E-state index contributed by atoms with van der Waals surface area (Å²) in [7, 11) is -3.60. The van der Waals surface area contributed by atoms with Crippen molar-refractivity contribution in [3.05, 3.63) is 42.1 Å². The number of carbonyl (C=O) groups is 1. The first-order chi connectivity index (χ1) is 12.5. The molecule has 9 heteroatoms. The van der Waals surface area contributed by atoms with Gasteiger partial charge in [0.2, 0.25) is 5.89 Å². The summed E-state index contributed by atoms with van der Waals surface area (Å²) in [6.07, 6.45) is 2.16. The van der Waals surface area contributed by atoms with Crippen molar-refractivity contribution in [3.63, 3.8) is 0 Å². The average Bonchev–Trinajstić information content (AvgIpc) is 3.29. The van der Waals surface area contributed by atoms with Crippen molar-refractivity contribution in [3.8, 4) is 0 Å². The Labute approximate surface area is 152 Å². The molecule has 1 atom stereocenters. The fourth-order valence-corrected chi connectivity index (χ4v) is 4.29. The van der Waals surface area contributed by atoms with Crippen LogP contribution in [0.5, 0.6) is 0 Å². The van der Waals surface area contributed by atoms with Gasteiger partial charge in [-0.3, -0.25) is 9.69 Å². The van der Waals surface area contributed by atoms with Crippen LogP contribution in [-0.4, -0.2) is 55.1 Å². The van der Waals surface area contributed by atoms with Gasteiger partial charge in [-0.05, 0) is 38.1 Å². The predicted molar refractivity (Wildman–Crippen MR) is 94.2 cm³/mol. The molecule has 8 nitrogen and oxygen atoms in total. The maximum Gasteiger partial charge on any atom is 0.308 e. The predicted octanol–water partition coefficient (Wildman–Crippen LogP) is 1.26. The third kappa shape index (κ3) is 4.28. The Morgan fingerprint density at radius 2 is 2.08 bits per heavy atom. The van der Waals surface area contributed by atoms with Crippen molar-refractivity contribution in [2.24, 2.45) is 0 Å². The van der Waals surface area contributed by atoms with Gasteiger partial charge < -0.3 is 9.73 Å². The zero-order valence-corrected chi connectivity index (χ0v) is 15.4. The third-order valence-electron chi connectivity index (χ3n) is 4.48. The molecule has 1 aliphatic rings. The van der Waals surface area contributed by atoms with Crippen LogP contribution in [0, 0.1) is 0 Å². The number of nitrogens with zero attached hydrogens (tertiary/aromatic N) is 3. The van der Waals surface area contributed by atoms with Crippen LogP contribution in [-0.2, 0) is 15.6 Å². The molecule has 1 aromatic heterocycles.